The number of nitrogens with one attached hydrogen (secondary N) is 2. The summed E-state index contributed by atoms with van der Waals surface area (Å²) >= 11 is 1.74. The normalized spacial score (nSPS) is 27.6. The van der Waals surface area contributed by atoms with Gasteiger partial charge in [-0.05, 0) is 25.5 Å². The molecule has 1 aromatic carbocycles. The van der Waals surface area contributed by atoms with Crippen molar-refractivity contribution >= 4 is 23.4 Å². The Bertz CT molecular complexity index is 873. The monoisotopic (exact) mass is 426 g/mol. The van der Waals surface area contributed by atoms with E-state index < -0.39 is 0 Å². The first-order chi connectivity index (χ1) is 14.7. The second-order valence-corrected chi connectivity index (χ2v) is 9.58. The second-order valence-electron chi connectivity index (χ2n) is 8.37. The minimum absolute atomic E-state index is 0.00158. The maximum Gasteiger partial charge on any atom is 0.176 e. The van der Waals surface area contributed by atoms with Crippen LogP contribution in [0.2, 0.25) is 0 Å². The van der Waals surface area contributed by atoms with Crippen LogP contribution in [0.4, 0.5) is 5.82 Å². The molecule has 3 fully saturated rings. The molecule has 0 bridgehead atoms. The van der Waals surface area contributed by atoms with E-state index in [-0.39, 0.29) is 11.4 Å². The van der Waals surface area contributed by atoms with Crippen LogP contribution >= 0.6 is 11.8 Å². The first-order valence-corrected chi connectivity index (χ1v) is 12.0. The fourth-order valence-corrected chi connectivity index (χ4v) is 5.83. The van der Waals surface area contributed by atoms with Gasteiger partial charge in [0, 0.05) is 57.1 Å². The lowest BCUT2D eigenvalue weighted by molar-refractivity contribution is -0.120. The average Bonchev–Trinajstić information content (AvgIpc) is 3.55. The minimum Gasteiger partial charge on any atom is -0.354 e. The molecule has 3 atom stereocenters. The quantitative estimate of drug-likeness (QED) is 0.746. The van der Waals surface area contributed by atoms with Crippen LogP contribution in [-0.2, 0) is 4.79 Å². The minimum atomic E-state index is -0.0142. The number of hydrogen-bond donors (Lipinski definition) is 2. The summed E-state index contributed by atoms with van der Waals surface area (Å²) in [6.45, 7) is 7.90. The standard InChI is InChI=1S/C22H30N6OS/c1-16-13-20(28(25-16)17-5-3-2-4-6-17)27-10-8-26(9-11-27)18-14-19(24-15-18)21(29)22-23-7-12-30-22/h2-6,13,18-19,22-24H,7-12,14-15H2,1H3/t18-,19-,22?/m0/s1. The Hall–Kier alpha value is -1.87. The van der Waals surface area contributed by atoms with Gasteiger partial charge in [0.2, 0.25) is 0 Å². The number of hydrogen-bond acceptors (Lipinski definition) is 7. The van der Waals surface area contributed by atoms with Gasteiger partial charge in [-0.2, -0.15) is 5.10 Å². The molecule has 0 radical (unpaired) electrons. The summed E-state index contributed by atoms with van der Waals surface area (Å²) in [6, 6.07) is 13.0. The molecule has 1 unspecified atom stereocenters. The average molecular weight is 427 g/mol. The lowest BCUT2D eigenvalue weighted by Gasteiger charge is -2.38. The number of carbonyl (C=O) groups is 1. The maximum atomic E-state index is 12.7. The zero-order chi connectivity index (χ0) is 20.5. The molecular formula is C22H30N6OS. The molecule has 0 spiro atoms. The molecule has 2 aromatic rings. The lowest BCUT2D eigenvalue weighted by atomic mass is 10.1. The number of aryl methyl sites for hydroxylation is 1. The molecule has 160 valence electrons. The highest BCUT2D eigenvalue weighted by Gasteiger charge is 2.37. The zero-order valence-corrected chi connectivity index (χ0v) is 18.3. The van der Waals surface area contributed by atoms with Crippen LogP contribution in [0, 0.1) is 6.92 Å². The van der Waals surface area contributed by atoms with Gasteiger partial charge in [-0.3, -0.25) is 15.0 Å². The number of piperazine rings is 1. The van der Waals surface area contributed by atoms with Crippen molar-refractivity contribution in [1.29, 1.82) is 0 Å². The van der Waals surface area contributed by atoms with Gasteiger partial charge in [0.25, 0.3) is 0 Å². The molecule has 8 heteroatoms. The molecular weight excluding hydrogens is 396 g/mol. The smallest absolute Gasteiger partial charge is 0.176 e. The van der Waals surface area contributed by atoms with E-state index in [1.54, 1.807) is 11.8 Å². The molecule has 4 heterocycles. The molecule has 0 saturated carbocycles. The van der Waals surface area contributed by atoms with Crippen LogP contribution in [-0.4, -0.2) is 82.9 Å². The van der Waals surface area contributed by atoms with Gasteiger partial charge in [0.1, 0.15) is 11.2 Å². The van der Waals surface area contributed by atoms with E-state index in [2.05, 4.69) is 62.4 Å². The molecule has 1 aromatic heterocycles. The summed E-state index contributed by atoms with van der Waals surface area (Å²) in [6.07, 6.45) is 0.929. The number of ketones is 1. The SMILES string of the molecule is Cc1cc(N2CCN([C@@H]3CN[C@H](C(=O)C4NCCS4)C3)CC2)n(-c2ccccc2)n1. The Morgan fingerprint density at radius 3 is 2.67 bits per heavy atom. The highest BCUT2D eigenvalue weighted by Crippen LogP contribution is 2.25. The van der Waals surface area contributed by atoms with Gasteiger partial charge in [0.05, 0.1) is 17.4 Å². The number of thioether (sulfide) groups is 1. The fraction of sp³-hybridized carbons (Fsp3) is 0.545. The molecule has 3 aliphatic rings. The molecule has 3 aliphatic heterocycles. The third kappa shape index (κ3) is 4.01. The van der Waals surface area contributed by atoms with E-state index in [1.807, 2.05) is 6.07 Å². The number of nitrogens with zero attached hydrogens (tertiary/aromatic N) is 4. The topological polar surface area (TPSA) is 65.4 Å². The maximum absolute atomic E-state index is 12.7. The second kappa shape index (κ2) is 8.70. The number of Topliss-reactive ketones (excluding diaryl/α,β-unsaturated/α-hetero) is 1. The highest BCUT2D eigenvalue weighted by atomic mass is 32.2. The Balaban J connectivity index is 1.20. The summed E-state index contributed by atoms with van der Waals surface area (Å²) in [5.41, 5.74) is 2.14. The molecule has 30 heavy (non-hydrogen) atoms. The lowest BCUT2D eigenvalue weighted by Crippen LogP contribution is -2.51. The fourth-order valence-electron chi connectivity index (χ4n) is 4.79. The van der Waals surface area contributed by atoms with Crippen molar-refractivity contribution in [3.63, 3.8) is 0 Å². The third-order valence-electron chi connectivity index (χ3n) is 6.39. The summed E-state index contributed by atoms with van der Waals surface area (Å²) in [5.74, 6) is 2.54. The van der Waals surface area contributed by atoms with E-state index >= 15 is 0 Å². The van der Waals surface area contributed by atoms with Crippen LogP contribution in [0.25, 0.3) is 5.69 Å². The number of benzene rings is 1. The van der Waals surface area contributed by atoms with Gasteiger partial charge in [-0.25, -0.2) is 4.68 Å². The summed E-state index contributed by atoms with van der Waals surface area (Å²) in [7, 11) is 0. The van der Waals surface area contributed by atoms with Crippen molar-refractivity contribution in [3.05, 3.63) is 42.1 Å². The summed E-state index contributed by atoms with van der Waals surface area (Å²) in [4.78, 5) is 17.7. The Morgan fingerprint density at radius 2 is 1.93 bits per heavy atom. The Kier molecular flexibility index (Phi) is 5.82. The van der Waals surface area contributed by atoms with Crippen molar-refractivity contribution in [2.24, 2.45) is 0 Å². The molecule has 0 amide bonds. The van der Waals surface area contributed by atoms with Crippen LogP contribution in [0.3, 0.4) is 0 Å². The highest BCUT2D eigenvalue weighted by molar-refractivity contribution is 8.00. The van der Waals surface area contributed by atoms with Crippen LogP contribution in [0.15, 0.2) is 36.4 Å². The largest absolute Gasteiger partial charge is 0.354 e. The van der Waals surface area contributed by atoms with E-state index in [9.17, 15) is 4.79 Å². The molecule has 5 rings (SSSR count). The first-order valence-electron chi connectivity index (χ1n) is 10.9. The molecule has 0 aliphatic carbocycles. The van der Waals surface area contributed by atoms with E-state index in [0.717, 1.165) is 62.8 Å². The Labute approximate surface area is 182 Å². The van der Waals surface area contributed by atoms with Crippen molar-refractivity contribution in [2.75, 3.05) is 49.9 Å². The number of carbonyl (C=O) groups excluding carboxylic acids is 1. The van der Waals surface area contributed by atoms with Crippen molar-refractivity contribution in [3.8, 4) is 5.69 Å². The summed E-state index contributed by atoms with van der Waals surface area (Å²) in [5, 5.41) is 11.5. The van der Waals surface area contributed by atoms with Gasteiger partial charge < -0.3 is 10.2 Å². The molecule has 3 saturated heterocycles. The van der Waals surface area contributed by atoms with Gasteiger partial charge >= 0.3 is 0 Å². The van der Waals surface area contributed by atoms with Crippen LogP contribution < -0.4 is 15.5 Å². The molecule has 7 nitrogen and oxygen atoms in total. The van der Waals surface area contributed by atoms with E-state index in [1.165, 1.54) is 5.82 Å². The first kappa shape index (κ1) is 20.1. The molecule has 2 N–H and O–H groups in total. The van der Waals surface area contributed by atoms with Crippen LogP contribution in [0.1, 0.15) is 12.1 Å². The predicted octanol–water partition coefficient (Wildman–Crippen LogP) is 1.26. The third-order valence-corrected chi connectivity index (χ3v) is 7.57. The van der Waals surface area contributed by atoms with Crippen molar-refractivity contribution < 1.29 is 4.79 Å². The van der Waals surface area contributed by atoms with Crippen molar-refractivity contribution in [2.45, 2.75) is 30.8 Å². The number of para-hydroxylation sites is 1. The Morgan fingerprint density at radius 1 is 1.13 bits per heavy atom. The number of aromatic nitrogens is 2. The summed E-state index contributed by atoms with van der Waals surface area (Å²) < 4.78 is 2.06. The number of rotatable bonds is 5. The van der Waals surface area contributed by atoms with E-state index in [4.69, 9.17) is 5.10 Å². The van der Waals surface area contributed by atoms with Crippen LogP contribution in [0.5, 0.6) is 0 Å². The van der Waals surface area contributed by atoms with E-state index in [0.29, 0.717) is 11.8 Å². The van der Waals surface area contributed by atoms with Gasteiger partial charge in [0.15, 0.2) is 5.78 Å². The number of anilines is 1. The zero-order valence-electron chi connectivity index (χ0n) is 17.5. The van der Waals surface area contributed by atoms with Gasteiger partial charge in [-0.15, -0.1) is 11.8 Å². The predicted molar refractivity (Wildman–Crippen MR) is 122 cm³/mol. The van der Waals surface area contributed by atoms with Gasteiger partial charge in [-0.1, -0.05) is 18.2 Å². The van der Waals surface area contributed by atoms with Crippen molar-refractivity contribution in [1.82, 2.24) is 25.3 Å².